The predicted octanol–water partition coefficient (Wildman–Crippen LogP) is 1.39. The van der Waals surface area contributed by atoms with E-state index in [1.807, 2.05) is 0 Å². The maximum Gasteiger partial charge on any atom is 0.0863 e. The first-order valence-electron chi connectivity index (χ1n) is 4.06. The van der Waals surface area contributed by atoms with Gasteiger partial charge < -0.3 is 5.73 Å². The molecular weight excluding hydrogens is 170 g/mol. The van der Waals surface area contributed by atoms with E-state index in [0.717, 1.165) is 17.0 Å². The summed E-state index contributed by atoms with van der Waals surface area (Å²) in [6, 6.07) is 0. The van der Waals surface area contributed by atoms with Crippen LogP contribution < -0.4 is 5.73 Å². The molecule has 4 heteroatoms. The van der Waals surface area contributed by atoms with Gasteiger partial charge in [0.2, 0.25) is 0 Å². The summed E-state index contributed by atoms with van der Waals surface area (Å²) < 4.78 is 3.95. The molecule has 2 rings (SSSR count). The molecule has 0 unspecified atom stereocenters. The van der Waals surface area contributed by atoms with Gasteiger partial charge in [-0.25, -0.2) is 0 Å². The Bertz CT molecular complexity index is 285. The average molecular weight is 183 g/mol. The van der Waals surface area contributed by atoms with E-state index in [0.29, 0.717) is 0 Å². The lowest BCUT2D eigenvalue weighted by molar-refractivity contribution is 0.384. The Morgan fingerprint density at radius 2 is 2.08 bits per heavy atom. The van der Waals surface area contributed by atoms with Gasteiger partial charge in [0.05, 0.1) is 16.1 Å². The van der Waals surface area contributed by atoms with Crippen LogP contribution in [0.1, 0.15) is 37.8 Å². The fourth-order valence-electron chi connectivity index (χ4n) is 2.09. The van der Waals surface area contributed by atoms with Crippen molar-refractivity contribution in [2.75, 3.05) is 0 Å². The Kier molecular flexibility index (Phi) is 1.40. The smallest absolute Gasteiger partial charge is 0.0863 e. The Morgan fingerprint density at radius 1 is 1.42 bits per heavy atom. The number of hydrogen-bond donors (Lipinski definition) is 1. The lowest BCUT2D eigenvalue weighted by atomic mass is 9.87. The van der Waals surface area contributed by atoms with Crippen LogP contribution in [0, 0.1) is 0 Å². The molecule has 66 valence electrons. The fourth-order valence-corrected chi connectivity index (χ4v) is 2.98. The second kappa shape index (κ2) is 2.06. The molecule has 1 aromatic rings. The van der Waals surface area contributed by atoms with E-state index in [2.05, 4.69) is 30.4 Å². The average Bonchev–Trinajstić information content (AvgIpc) is 2.34. The van der Waals surface area contributed by atoms with Gasteiger partial charge in [0.1, 0.15) is 0 Å². The van der Waals surface area contributed by atoms with Gasteiger partial charge in [0.15, 0.2) is 0 Å². The first-order chi connectivity index (χ1) is 5.43. The third-order valence-electron chi connectivity index (χ3n) is 2.46. The van der Waals surface area contributed by atoms with Crippen LogP contribution in [-0.4, -0.2) is 9.59 Å². The van der Waals surface area contributed by atoms with Crippen molar-refractivity contribution in [1.82, 2.24) is 9.59 Å². The molecule has 0 aliphatic heterocycles. The highest BCUT2D eigenvalue weighted by atomic mass is 32.1. The zero-order valence-electron chi connectivity index (χ0n) is 7.59. The van der Waals surface area contributed by atoms with Gasteiger partial charge in [-0.05, 0) is 24.9 Å². The Hall–Kier alpha value is -0.480. The highest BCUT2D eigenvalue weighted by molar-refractivity contribution is 7.05. The van der Waals surface area contributed by atoms with E-state index >= 15 is 0 Å². The molecule has 3 nitrogen and oxygen atoms in total. The molecule has 1 atom stereocenters. The molecule has 0 aromatic carbocycles. The molecule has 0 spiro atoms. The van der Waals surface area contributed by atoms with Crippen LogP contribution in [-0.2, 0) is 11.0 Å². The standard InChI is InChI=1S/C8H13N3S/c1-7(2)4-8(3,9)6-5(7)10-11-12-6/h4,9H2,1-3H3/t8-/m0/s1. The largest absolute Gasteiger partial charge is 0.321 e. The van der Waals surface area contributed by atoms with Crippen molar-refractivity contribution in [3.63, 3.8) is 0 Å². The van der Waals surface area contributed by atoms with E-state index < -0.39 is 0 Å². The van der Waals surface area contributed by atoms with Crippen LogP contribution in [0.25, 0.3) is 0 Å². The van der Waals surface area contributed by atoms with Gasteiger partial charge in [-0.2, -0.15) is 0 Å². The third-order valence-corrected chi connectivity index (χ3v) is 3.46. The molecule has 1 aliphatic carbocycles. The van der Waals surface area contributed by atoms with Crippen molar-refractivity contribution in [1.29, 1.82) is 0 Å². The third kappa shape index (κ3) is 0.912. The second-order valence-electron chi connectivity index (χ2n) is 4.43. The molecule has 0 bridgehead atoms. The van der Waals surface area contributed by atoms with Crippen LogP contribution in [0.4, 0.5) is 0 Å². The summed E-state index contributed by atoms with van der Waals surface area (Å²) in [6.45, 7) is 6.40. The Morgan fingerprint density at radius 3 is 2.67 bits per heavy atom. The predicted molar refractivity (Wildman–Crippen MR) is 49.1 cm³/mol. The molecule has 12 heavy (non-hydrogen) atoms. The van der Waals surface area contributed by atoms with Crippen molar-refractivity contribution in [3.05, 3.63) is 10.6 Å². The van der Waals surface area contributed by atoms with Crippen molar-refractivity contribution in [3.8, 4) is 0 Å². The lowest BCUT2D eigenvalue weighted by Crippen LogP contribution is -2.31. The number of nitrogens with zero attached hydrogens (tertiary/aromatic N) is 2. The fraction of sp³-hybridized carbons (Fsp3) is 0.750. The summed E-state index contributed by atoms with van der Waals surface area (Å²) in [5.41, 5.74) is 7.12. The molecule has 0 amide bonds. The summed E-state index contributed by atoms with van der Waals surface area (Å²) in [5, 5.41) is 4.13. The topological polar surface area (TPSA) is 51.8 Å². The zero-order chi connectivity index (χ0) is 8.98. The zero-order valence-corrected chi connectivity index (χ0v) is 8.40. The van der Waals surface area contributed by atoms with Gasteiger partial charge in [-0.3, -0.25) is 0 Å². The van der Waals surface area contributed by atoms with Crippen LogP contribution in [0.15, 0.2) is 0 Å². The summed E-state index contributed by atoms with van der Waals surface area (Å²) in [5.74, 6) is 0. The normalized spacial score (nSPS) is 32.0. The first kappa shape index (κ1) is 8.13. The van der Waals surface area contributed by atoms with E-state index in [4.69, 9.17) is 5.73 Å². The van der Waals surface area contributed by atoms with Gasteiger partial charge in [0, 0.05) is 5.41 Å². The summed E-state index contributed by atoms with van der Waals surface area (Å²) in [4.78, 5) is 1.16. The van der Waals surface area contributed by atoms with Crippen molar-refractivity contribution in [2.45, 2.75) is 38.1 Å². The maximum atomic E-state index is 6.14. The number of hydrogen-bond acceptors (Lipinski definition) is 4. The van der Waals surface area contributed by atoms with Gasteiger partial charge >= 0.3 is 0 Å². The summed E-state index contributed by atoms with van der Waals surface area (Å²) in [7, 11) is 0. The minimum absolute atomic E-state index is 0.103. The Balaban J connectivity index is 2.60. The summed E-state index contributed by atoms with van der Waals surface area (Å²) in [6.07, 6.45) is 0.969. The van der Waals surface area contributed by atoms with Crippen LogP contribution >= 0.6 is 11.5 Å². The molecule has 2 N–H and O–H groups in total. The number of rotatable bonds is 0. The van der Waals surface area contributed by atoms with Crippen molar-refractivity contribution < 1.29 is 0 Å². The van der Waals surface area contributed by atoms with Gasteiger partial charge in [-0.1, -0.05) is 18.3 Å². The number of aromatic nitrogens is 2. The molecule has 0 fully saturated rings. The molecule has 1 aromatic heterocycles. The summed E-state index contributed by atoms with van der Waals surface area (Å²) >= 11 is 1.44. The minimum atomic E-state index is -0.215. The van der Waals surface area contributed by atoms with Crippen molar-refractivity contribution in [2.24, 2.45) is 5.73 Å². The minimum Gasteiger partial charge on any atom is -0.321 e. The molecule has 0 saturated heterocycles. The van der Waals surface area contributed by atoms with Crippen molar-refractivity contribution >= 4 is 11.5 Å². The molecule has 1 heterocycles. The maximum absolute atomic E-state index is 6.14. The number of nitrogens with two attached hydrogens (primary N) is 1. The van der Waals surface area contributed by atoms with E-state index in [1.54, 1.807) is 0 Å². The SMILES string of the molecule is CC1(C)C[C@](C)(N)c2snnc21. The lowest BCUT2D eigenvalue weighted by Gasteiger charge is -2.21. The molecular formula is C8H13N3S. The monoisotopic (exact) mass is 183 g/mol. The van der Waals surface area contributed by atoms with Crippen LogP contribution in [0.5, 0.6) is 0 Å². The molecule has 0 radical (unpaired) electrons. The molecule has 1 aliphatic rings. The number of fused-ring (bicyclic) bond motifs is 1. The molecule has 0 saturated carbocycles. The first-order valence-corrected chi connectivity index (χ1v) is 4.83. The second-order valence-corrected chi connectivity index (χ2v) is 5.18. The quantitative estimate of drug-likeness (QED) is 0.661. The van der Waals surface area contributed by atoms with Gasteiger partial charge in [0.25, 0.3) is 0 Å². The highest BCUT2D eigenvalue weighted by Crippen LogP contribution is 2.46. The Labute approximate surface area is 76.1 Å². The highest BCUT2D eigenvalue weighted by Gasteiger charge is 2.45. The van der Waals surface area contributed by atoms with Gasteiger partial charge in [-0.15, -0.1) is 5.10 Å². The van der Waals surface area contributed by atoms with E-state index in [1.165, 1.54) is 11.5 Å². The van der Waals surface area contributed by atoms with E-state index in [-0.39, 0.29) is 11.0 Å². The van der Waals surface area contributed by atoms with Crippen LogP contribution in [0.2, 0.25) is 0 Å². The van der Waals surface area contributed by atoms with E-state index in [9.17, 15) is 0 Å². The van der Waals surface area contributed by atoms with Crippen LogP contribution in [0.3, 0.4) is 0 Å².